The van der Waals surface area contributed by atoms with Gasteiger partial charge in [-0.3, -0.25) is 4.79 Å². The van der Waals surface area contributed by atoms with E-state index in [1.54, 1.807) is 0 Å². The summed E-state index contributed by atoms with van der Waals surface area (Å²) in [6.07, 6.45) is 0.549. The molecule has 0 heterocycles. The Kier molecular flexibility index (Phi) is 5.11. The van der Waals surface area contributed by atoms with Crippen LogP contribution in [0.4, 0.5) is 0 Å². The van der Waals surface area contributed by atoms with Crippen molar-refractivity contribution in [2.24, 2.45) is 5.92 Å². The van der Waals surface area contributed by atoms with E-state index in [1.165, 1.54) is 27.8 Å². The van der Waals surface area contributed by atoms with Gasteiger partial charge in [-0.1, -0.05) is 13.0 Å². The number of amides is 1. The first-order valence-corrected chi connectivity index (χ1v) is 6.65. The number of rotatable bonds is 4. The van der Waals surface area contributed by atoms with Crippen LogP contribution in [-0.2, 0) is 11.3 Å². The van der Waals surface area contributed by atoms with Crippen LogP contribution in [0.15, 0.2) is 6.07 Å². The summed E-state index contributed by atoms with van der Waals surface area (Å²) >= 11 is 0. The third-order valence-electron chi connectivity index (χ3n) is 3.84. The molecule has 1 atom stereocenters. The number of benzene rings is 1. The van der Waals surface area contributed by atoms with Gasteiger partial charge in [-0.2, -0.15) is 5.26 Å². The maximum Gasteiger partial charge on any atom is 0.237 e. The summed E-state index contributed by atoms with van der Waals surface area (Å²) < 4.78 is 0. The van der Waals surface area contributed by atoms with E-state index in [4.69, 9.17) is 5.26 Å². The summed E-state index contributed by atoms with van der Waals surface area (Å²) in [7, 11) is 0. The van der Waals surface area contributed by atoms with Crippen LogP contribution in [-0.4, -0.2) is 5.91 Å². The van der Waals surface area contributed by atoms with Crippen LogP contribution >= 0.6 is 0 Å². The van der Waals surface area contributed by atoms with E-state index >= 15 is 0 Å². The molecule has 3 nitrogen and oxygen atoms in total. The van der Waals surface area contributed by atoms with Crippen molar-refractivity contribution in [3.8, 4) is 6.07 Å². The number of nitriles is 1. The fourth-order valence-electron chi connectivity index (χ4n) is 2.20. The summed E-state index contributed by atoms with van der Waals surface area (Å²) in [6, 6.07) is 4.19. The van der Waals surface area contributed by atoms with Gasteiger partial charge in [-0.15, -0.1) is 0 Å². The zero-order valence-electron chi connectivity index (χ0n) is 12.4. The minimum atomic E-state index is -0.550. The Morgan fingerprint density at radius 2 is 1.79 bits per heavy atom. The maximum absolute atomic E-state index is 11.8. The van der Waals surface area contributed by atoms with Crippen LogP contribution < -0.4 is 5.32 Å². The Labute approximate surface area is 115 Å². The third kappa shape index (κ3) is 3.35. The minimum Gasteiger partial charge on any atom is -0.351 e. The van der Waals surface area contributed by atoms with E-state index in [0.717, 1.165) is 0 Å². The number of nitrogens with one attached hydrogen (secondary N) is 1. The van der Waals surface area contributed by atoms with Gasteiger partial charge < -0.3 is 5.32 Å². The fraction of sp³-hybridized carbons (Fsp3) is 0.500. The molecule has 1 aromatic rings. The second kappa shape index (κ2) is 6.38. The van der Waals surface area contributed by atoms with Crippen LogP contribution in [0.5, 0.6) is 0 Å². The van der Waals surface area contributed by atoms with Gasteiger partial charge in [-0.05, 0) is 61.9 Å². The number of hydrogen-bond acceptors (Lipinski definition) is 2. The van der Waals surface area contributed by atoms with Crippen LogP contribution in [0.1, 0.15) is 41.2 Å². The largest absolute Gasteiger partial charge is 0.351 e. The number of hydrogen-bond donors (Lipinski definition) is 1. The summed E-state index contributed by atoms with van der Waals surface area (Å²) in [5, 5.41) is 11.8. The second-order valence-corrected chi connectivity index (χ2v) is 5.05. The van der Waals surface area contributed by atoms with Crippen molar-refractivity contribution in [2.75, 3.05) is 0 Å². The molecule has 0 spiro atoms. The molecule has 1 aromatic carbocycles. The number of nitrogens with zero attached hydrogens (tertiary/aromatic N) is 1. The topological polar surface area (TPSA) is 52.9 Å². The molecule has 19 heavy (non-hydrogen) atoms. The molecule has 3 heteroatoms. The van der Waals surface area contributed by atoms with Crippen molar-refractivity contribution in [1.82, 2.24) is 5.32 Å². The number of carbonyl (C=O) groups is 1. The minimum absolute atomic E-state index is 0.178. The zero-order valence-corrected chi connectivity index (χ0v) is 12.4. The SMILES string of the molecule is CCC(C#N)C(=O)NCc1c(C)c(C)cc(C)c1C. The highest BCUT2D eigenvalue weighted by Crippen LogP contribution is 2.21. The van der Waals surface area contributed by atoms with E-state index in [-0.39, 0.29) is 5.91 Å². The molecule has 1 rings (SSSR count). The summed E-state index contributed by atoms with van der Waals surface area (Å²) in [4.78, 5) is 11.8. The lowest BCUT2D eigenvalue weighted by Gasteiger charge is -2.16. The summed E-state index contributed by atoms with van der Waals surface area (Å²) in [5.41, 5.74) is 6.07. The second-order valence-electron chi connectivity index (χ2n) is 5.05. The van der Waals surface area contributed by atoms with Crippen LogP contribution in [0.2, 0.25) is 0 Å². The Bertz CT molecular complexity index is 500. The smallest absolute Gasteiger partial charge is 0.237 e. The van der Waals surface area contributed by atoms with Gasteiger partial charge in [0.25, 0.3) is 0 Å². The van der Waals surface area contributed by atoms with Crippen molar-refractivity contribution in [3.05, 3.63) is 33.9 Å². The van der Waals surface area contributed by atoms with E-state index in [9.17, 15) is 4.79 Å². The predicted molar refractivity (Wildman–Crippen MR) is 76.6 cm³/mol. The highest BCUT2D eigenvalue weighted by Gasteiger charge is 2.16. The molecule has 1 unspecified atom stereocenters. The molecule has 0 saturated heterocycles. The molecule has 0 fully saturated rings. The van der Waals surface area contributed by atoms with Gasteiger partial charge in [0.15, 0.2) is 0 Å². The highest BCUT2D eigenvalue weighted by atomic mass is 16.1. The van der Waals surface area contributed by atoms with Crippen molar-refractivity contribution in [1.29, 1.82) is 5.26 Å². The molecule has 0 saturated carbocycles. The lowest BCUT2D eigenvalue weighted by Crippen LogP contribution is -2.29. The molecule has 102 valence electrons. The lowest BCUT2D eigenvalue weighted by atomic mass is 9.94. The number of carbonyl (C=O) groups excluding carboxylic acids is 1. The zero-order chi connectivity index (χ0) is 14.6. The monoisotopic (exact) mass is 258 g/mol. The first kappa shape index (κ1) is 15.2. The van der Waals surface area contributed by atoms with Crippen LogP contribution in [0, 0.1) is 44.9 Å². The average Bonchev–Trinajstić information content (AvgIpc) is 2.38. The van der Waals surface area contributed by atoms with Gasteiger partial charge in [0, 0.05) is 6.54 Å². The summed E-state index contributed by atoms with van der Waals surface area (Å²) in [5.74, 6) is -0.727. The number of aryl methyl sites for hydroxylation is 2. The molecule has 0 aliphatic carbocycles. The van der Waals surface area contributed by atoms with Gasteiger partial charge >= 0.3 is 0 Å². The van der Waals surface area contributed by atoms with Crippen molar-refractivity contribution in [2.45, 2.75) is 47.6 Å². The molecule has 1 amide bonds. The Morgan fingerprint density at radius 1 is 1.26 bits per heavy atom. The summed E-state index contributed by atoms with van der Waals surface area (Å²) in [6.45, 7) is 10.7. The third-order valence-corrected chi connectivity index (χ3v) is 3.84. The van der Waals surface area contributed by atoms with E-state index < -0.39 is 5.92 Å². The van der Waals surface area contributed by atoms with Crippen molar-refractivity contribution < 1.29 is 4.79 Å². The molecule has 0 aliphatic rings. The normalized spacial score (nSPS) is 11.8. The maximum atomic E-state index is 11.8. The van der Waals surface area contributed by atoms with Gasteiger partial charge in [0.2, 0.25) is 5.91 Å². The van der Waals surface area contributed by atoms with E-state index in [2.05, 4.69) is 39.1 Å². The van der Waals surface area contributed by atoms with Gasteiger partial charge in [-0.25, -0.2) is 0 Å². The average molecular weight is 258 g/mol. The van der Waals surface area contributed by atoms with Crippen LogP contribution in [0.25, 0.3) is 0 Å². The molecule has 0 aromatic heterocycles. The van der Waals surface area contributed by atoms with Crippen molar-refractivity contribution >= 4 is 5.91 Å². The molecule has 1 N–H and O–H groups in total. The lowest BCUT2D eigenvalue weighted by molar-refractivity contribution is -0.123. The highest BCUT2D eigenvalue weighted by molar-refractivity contribution is 5.81. The molecular weight excluding hydrogens is 236 g/mol. The first-order chi connectivity index (χ1) is 8.92. The van der Waals surface area contributed by atoms with Crippen LogP contribution in [0.3, 0.4) is 0 Å². The molecule has 0 bridgehead atoms. The standard InChI is InChI=1S/C16H22N2O/c1-6-14(8-17)16(19)18-9-15-12(4)10(2)7-11(3)13(15)5/h7,14H,6,9H2,1-5H3,(H,18,19). The van der Waals surface area contributed by atoms with E-state index in [0.29, 0.717) is 13.0 Å². The Balaban J connectivity index is 2.90. The Morgan fingerprint density at radius 3 is 2.21 bits per heavy atom. The van der Waals surface area contributed by atoms with Gasteiger partial charge in [0.1, 0.15) is 5.92 Å². The molecule has 0 radical (unpaired) electrons. The Hall–Kier alpha value is -1.82. The van der Waals surface area contributed by atoms with Crippen molar-refractivity contribution in [3.63, 3.8) is 0 Å². The molecular formula is C16H22N2O. The first-order valence-electron chi connectivity index (χ1n) is 6.65. The van der Waals surface area contributed by atoms with Gasteiger partial charge in [0.05, 0.1) is 6.07 Å². The quantitative estimate of drug-likeness (QED) is 0.902. The van der Waals surface area contributed by atoms with E-state index in [1.807, 2.05) is 13.0 Å². The fourth-order valence-corrected chi connectivity index (χ4v) is 2.20. The predicted octanol–water partition coefficient (Wildman–Crippen LogP) is 3.09. The molecule has 0 aliphatic heterocycles.